The molecule has 1 aromatic heterocycles. The van der Waals surface area contributed by atoms with E-state index in [2.05, 4.69) is 64.9 Å². The zero-order valence-corrected chi connectivity index (χ0v) is 24.1. The van der Waals surface area contributed by atoms with E-state index in [9.17, 15) is 0 Å². The van der Waals surface area contributed by atoms with Crippen LogP contribution in [0.4, 0.5) is 0 Å². The largest absolute Gasteiger partial charge is 0.380 e. The molecule has 4 rings (SSSR count). The topological polar surface area (TPSA) is 47.0 Å². The first-order chi connectivity index (χ1) is 18.2. The van der Waals surface area contributed by atoms with Gasteiger partial charge in [-0.25, -0.2) is 0 Å². The number of hydrogen-bond donors (Lipinski definition) is 1. The van der Waals surface area contributed by atoms with Gasteiger partial charge in [-0.05, 0) is 68.3 Å². The number of unbranched alkanes of at least 4 members (excludes halogenated alkanes) is 5. The van der Waals surface area contributed by atoms with Crippen molar-refractivity contribution in [1.82, 2.24) is 15.5 Å². The standard InChI is InChI=1S/C33H45N3O.ClH/c1-3-4-5-6-7-9-13-27-17-19-28(20-18-27)31-21-22-34-33(31)25-37-23-12-16-30-24-32(36-35-26(30)2)29-14-10-8-11-15-29;/h8,10-11,14-15,17-20,24,31,33-34H,3-7,9,12-13,16,21-23,25H2,1-2H3;1H/t31-,33-;/m1./s1. The maximum Gasteiger partial charge on any atom is 0.0932 e. The highest BCUT2D eigenvalue weighted by molar-refractivity contribution is 5.85. The molecule has 1 saturated heterocycles. The van der Waals surface area contributed by atoms with E-state index in [1.807, 2.05) is 25.1 Å². The summed E-state index contributed by atoms with van der Waals surface area (Å²) in [6, 6.07) is 22.3. The van der Waals surface area contributed by atoms with E-state index in [-0.39, 0.29) is 12.4 Å². The minimum absolute atomic E-state index is 0. The van der Waals surface area contributed by atoms with Gasteiger partial charge in [-0.2, -0.15) is 10.2 Å². The molecule has 5 heteroatoms. The van der Waals surface area contributed by atoms with E-state index in [4.69, 9.17) is 4.74 Å². The Bertz CT molecular complexity index is 1060. The third-order valence-electron chi connectivity index (χ3n) is 7.76. The van der Waals surface area contributed by atoms with Crippen molar-refractivity contribution >= 4 is 12.4 Å². The van der Waals surface area contributed by atoms with Gasteiger partial charge >= 0.3 is 0 Å². The average Bonchev–Trinajstić information content (AvgIpc) is 3.41. The van der Waals surface area contributed by atoms with Gasteiger partial charge in [-0.15, -0.1) is 12.4 Å². The zero-order chi connectivity index (χ0) is 25.7. The van der Waals surface area contributed by atoms with Crippen molar-refractivity contribution in [2.24, 2.45) is 0 Å². The Labute approximate surface area is 236 Å². The lowest BCUT2D eigenvalue weighted by molar-refractivity contribution is 0.110. The smallest absolute Gasteiger partial charge is 0.0932 e. The summed E-state index contributed by atoms with van der Waals surface area (Å²) in [5, 5.41) is 12.5. The molecule has 206 valence electrons. The molecule has 0 unspecified atom stereocenters. The quantitative estimate of drug-likeness (QED) is 0.201. The Hall–Kier alpha value is -2.27. The second-order valence-corrected chi connectivity index (χ2v) is 10.6. The second kappa shape index (κ2) is 16.6. The van der Waals surface area contributed by atoms with Crippen LogP contribution in [-0.2, 0) is 17.6 Å². The predicted molar refractivity (Wildman–Crippen MR) is 161 cm³/mol. The molecule has 0 radical (unpaired) electrons. The molecular formula is C33H46ClN3O. The van der Waals surface area contributed by atoms with Crippen LogP contribution in [0.25, 0.3) is 11.3 Å². The molecule has 0 aliphatic carbocycles. The van der Waals surface area contributed by atoms with Gasteiger partial charge in [0.2, 0.25) is 0 Å². The second-order valence-electron chi connectivity index (χ2n) is 10.6. The number of halogens is 1. The molecule has 1 aliphatic rings. The van der Waals surface area contributed by atoms with Crippen LogP contribution in [0, 0.1) is 6.92 Å². The van der Waals surface area contributed by atoms with Crippen LogP contribution >= 0.6 is 12.4 Å². The predicted octanol–water partition coefficient (Wildman–Crippen LogP) is 7.87. The molecule has 0 amide bonds. The van der Waals surface area contributed by atoms with E-state index < -0.39 is 0 Å². The molecule has 4 nitrogen and oxygen atoms in total. The van der Waals surface area contributed by atoms with E-state index >= 15 is 0 Å². The molecule has 1 aliphatic heterocycles. The highest BCUT2D eigenvalue weighted by atomic mass is 35.5. The monoisotopic (exact) mass is 535 g/mol. The number of hydrogen-bond acceptors (Lipinski definition) is 4. The van der Waals surface area contributed by atoms with Gasteiger partial charge < -0.3 is 10.1 Å². The van der Waals surface area contributed by atoms with Gasteiger partial charge in [0.25, 0.3) is 0 Å². The summed E-state index contributed by atoms with van der Waals surface area (Å²) in [7, 11) is 0. The summed E-state index contributed by atoms with van der Waals surface area (Å²) in [4.78, 5) is 0. The summed E-state index contributed by atoms with van der Waals surface area (Å²) in [6.07, 6.45) is 12.5. The third-order valence-corrected chi connectivity index (χ3v) is 7.76. The van der Waals surface area contributed by atoms with Gasteiger partial charge in [0.05, 0.1) is 18.0 Å². The molecule has 0 spiro atoms. The van der Waals surface area contributed by atoms with Crippen molar-refractivity contribution in [2.45, 2.75) is 90.0 Å². The maximum absolute atomic E-state index is 6.16. The molecule has 3 aromatic rings. The summed E-state index contributed by atoms with van der Waals surface area (Å²) in [6.45, 7) is 6.94. The van der Waals surface area contributed by atoms with Gasteiger partial charge in [0.1, 0.15) is 0 Å². The third kappa shape index (κ3) is 9.18. The first-order valence-corrected chi connectivity index (χ1v) is 14.5. The fraction of sp³-hybridized carbons (Fsp3) is 0.515. The number of ether oxygens (including phenoxy) is 1. The molecule has 38 heavy (non-hydrogen) atoms. The van der Waals surface area contributed by atoms with Crippen LogP contribution in [0.5, 0.6) is 0 Å². The van der Waals surface area contributed by atoms with Crippen LogP contribution in [0.15, 0.2) is 60.7 Å². The van der Waals surface area contributed by atoms with Crippen LogP contribution in [0.2, 0.25) is 0 Å². The Kier molecular flexibility index (Phi) is 13.3. The van der Waals surface area contributed by atoms with Crippen LogP contribution in [-0.4, -0.2) is 36.0 Å². The van der Waals surface area contributed by atoms with Crippen molar-refractivity contribution in [3.05, 3.63) is 83.0 Å². The maximum atomic E-state index is 6.16. The first-order valence-electron chi connectivity index (χ1n) is 14.5. The minimum Gasteiger partial charge on any atom is -0.380 e. The number of nitrogens with zero attached hydrogens (tertiary/aromatic N) is 2. The van der Waals surface area contributed by atoms with Crippen molar-refractivity contribution in [1.29, 1.82) is 0 Å². The molecule has 2 atom stereocenters. The van der Waals surface area contributed by atoms with Crippen LogP contribution < -0.4 is 5.32 Å². The van der Waals surface area contributed by atoms with Crippen molar-refractivity contribution < 1.29 is 4.74 Å². The summed E-state index contributed by atoms with van der Waals surface area (Å²) >= 11 is 0. The number of aryl methyl sites for hydroxylation is 3. The fourth-order valence-corrected chi connectivity index (χ4v) is 5.45. The highest BCUT2D eigenvalue weighted by Gasteiger charge is 2.28. The summed E-state index contributed by atoms with van der Waals surface area (Å²) in [5.74, 6) is 0.545. The van der Waals surface area contributed by atoms with Crippen molar-refractivity contribution in [2.75, 3.05) is 19.8 Å². The molecule has 1 N–H and O–H groups in total. The Morgan fingerprint density at radius 2 is 1.63 bits per heavy atom. The zero-order valence-electron chi connectivity index (χ0n) is 23.3. The number of rotatable bonds is 15. The summed E-state index contributed by atoms with van der Waals surface area (Å²) < 4.78 is 6.16. The van der Waals surface area contributed by atoms with Gasteiger partial charge in [0.15, 0.2) is 0 Å². The van der Waals surface area contributed by atoms with Gasteiger partial charge in [-0.1, -0.05) is 93.6 Å². The average molecular weight is 536 g/mol. The number of benzene rings is 2. The fourth-order valence-electron chi connectivity index (χ4n) is 5.45. The van der Waals surface area contributed by atoms with Crippen LogP contribution in [0.1, 0.15) is 86.6 Å². The molecular weight excluding hydrogens is 490 g/mol. The molecule has 0 saturated carbocycles. The van der Waals surface area contributed by atoms with E-state index in [1.54, 1.807) is 0 Å². The van der Waals surface area contributed by atoms with Crippen molar-refractivity contribution in [3.63, 3.8) is 0 Å². The van der Waals surface area contributed by atoms with E-state index in [0.717, 1.165) is 49.6 Å². The Balaban J connectivity index is 0.00000400. The van der Waals surface area contributed by atoms with Gasteiger partial charge in [0, 0.05) is 24.1 Å². The van der Waals surface area contributed by atoms with E-state index in [1.165, 1.54) is 68.1 Å². The highest BCUT2D eigenvalue weighted by Crippen LogP contribution is 2.28. The first kappa shape index (κ1) is 30.3. The van der Waals surface area contributed by atoms with Gasteiger partial charge in [-0.3, -0.25) is 0 Å². The lowest BCUT2D eigenvalue weighted by atomic mass is 9.91. The molecule has 1 fully saturated rings. The number of nitrogens with one attached hydrogen (secondary N) is 1. The number of aromatic nitrogens is 2. The SMILES string of the molecule is CCCCCCCCc1ccc([C@H]2CCN[C@@H]2COCCCc2cc(-c3ccccc3)nnc2C)cc1.Cl. The Morgan fingerprint density at radius 1 is 0.868 bits per heavy atom. The minimum atomic E-state index is 0. The van der Waals surface area contributed by atoms with Crippen LogP contribution in [0.3, 0.4) is 0 Å². The molecule has 2 heterocycles. The lowest BCUT2D eigenvalue weighted by Gasteiger charge is -2.20. The normalized spacial score (nSPS) is 16.9. The Morgan fingerprint density at radius 3 is 2.42 bits per heavy atom. The van der Waals surface area contributed by atoms with E-state index in [0.29, 0.717) is 12.0 Å². The summed E-state index contributed by atoms with van der Waals surface area (Å²) in [5.41, 5.74) is 7.26. The molecule has 2 aromatic carbocycles. The molecule has 0 bridgehead atoms. The van der Waals surface area contributed by atoms with Crippen molar-refractivity contribution in [3.8, 4) is 11.3 Å². The lowest BCUT2D eigenvalue weighted by Crippen LogP contribution is -2.31.